The highest BCUT2D eigenvalue weighted by molar-refractivity contribution is 7.80. The van der Waals surface area contributed by atoms with Crippen LogP contribution in [0.15, 0.2) is 54.6 Å². The molecule has 1 aliphatic rings. The molecule has 0 saturated carbocycles. The van der Waals surface area contributed by atoms with Crippen molar-refractivity contribution in [3.63, 3.8) is 0 Å². The molecule has 1 fully saturated rings. The summed E-state index contributed by atoms with van der Waals surface area (Å²) in [7, 11) is 0. The van der Waals surface area contributed by atoms with E-state index in [0.29, 0.717) is 5.75 Å². The Hall–Kier alpha value is -3.13. The maximum absolute atomic E-state index is 12.4. The largest absolute Gasteiger partial charge is 0.484 e. The van der Waals surface area contributed by atoms with E-state index in [1.54, 1.807) is 12.1 Å². The summed E-state index contributed by atoms with van der Waals surface area (Å²) in [6, 6.07) is 17.0. The van der Waals surface area contributed by atoms with E-state index in [0.717, 1.165) is 37.6 Å². The summed E-state index contributed by atoms with van der Waals surface area (Å²) in [6.07, 6.45) is 0. The molecule has 8 heteroatoms. The molecule has 1 saturated heterocycles. The number of benzene rings is 2. The number of hydrogen-bond donors (Lipinski definition) is 2. The number of thiocarbonyl (C=S) groups is 1. The van der Waals surface area contributed by atoms with E-state index in [9.17, 15) is 9.59 Å². The Morgan fingerprint density at radius 3 is 2.19 bits per heavy atom. The molecule has 0 aliphatic carbocycles. The minimum absolute atomic E-state index is 0.117. The highest BCUT2D eigenvalue weighted by atomic mass is 32.1. The van der Waals surface area contributed by atoms with Crippen LogP contribution in [0, 0.1) is 5.41 Å². The minimum atomic E-state index is -0.350. The first-order valence-corrected chi connectivity index (χ1v) is 11.1. The Labute approximate surface area is 194 Å². The SMILES string of the molecule is CC(C)(C)C(=O)N1CCN(c2ccc(NC(=S)NC(=O)COc3ccccc3)cc2)CC1. The number of carbonyl (C=O) groups excluding carboxylic acids is 2. The van der Waals surface area contributed by atoms with E-state index in [1.165, 1.54) is 0 Å². The van der Waals surface area contributed by atoms with Crippen LogP contribution in [-0.2, 0) is 9.59 Å². The molecule has 3 rings (SSSR count). The Bertz CT molecular complexity index is 934. The fourth-order valence-electron chi connectivity index (χ4n) is 3.39. The first kappa shape index (κ1) is 23.5. The van der Waals surface area contributed by atoms with Gasteiger partial charge in [-0.3, -0.25) is 14.9 Å². The van der Waals surface area contributed by atoms with Gasteiger partial charge in [-0.05, 0) is 48.6 Å². The van der Waals surface area contributed by atoms with Crippen molar-refractivity contribution in [2.75, 3.05) is 43.0 Å². The van der Waals surface area contributed by atoms with Gasteiger partial charge in [0.25, 0.3) is 5.91 Å². The Morgan fingerprint density at radius 1 is 0.969 bits per heavy atom. The quantitative estimate of drug-likeness (QED) is 0.676. The first-order chi connectivity index (χ1) is 15.2. The molecule has 0 aromatic heterocycles. The number of para-hydroxylation sites is 1. The third-order valence-electron chi connectivity index (χ3n) is 5.06. The molecule has 0 spiro atoms. The molecule has 1 heterocycles. The second-order valence-corrected chi connectivity index (χ2v) is 9.09. The monoisotopic (exact) mass is 454 g/mol. The van der Waals surface area contributed by atoms with Crippen LogP contribution in [0.4, 0.5) is 11.4 Å². The zero-order valence-electron chi connectivity index (χ0n) is 18.8. The van der Waals surface area contributed by atoms with Crippen LogP contribution in [0.5, 0.6) is 5.75 Å². The molecule has 0 unspecified atom stereocenters. The molecule has 0 atom stereocenters. The third-order valence-corrected chi connectivity index (χ3v) is 5.27. The van der Waals surface area contributed by atoms with Crippen molar-refractivity contribution in [2.45, 2.75) is 20.8 Å². The van der Waals surface area contributed by atoms with Crippen molar-refractivity contribution in [2.24, 2.45) is 5.41 Å². The van der Waals surface area contributed by atoms with Gasteiger partial charge in [0.05, 0.1) is 0 Å². The van der Waals surface area contributed by atoms with Crippen molar-refractivity contribution in [1.82, 2.24) is 10.2 Å². The minimum Gasteiger partial charge on any atom is -0.484 e. The molecule has 7 nitrogen and oxygen atoms in total. The van der Waals surface area contributed by atoms with E-state index < -0.39 is 0 Å². The number of nitrogens with one attached hydrogen (secondary N) is 2. The predicted molar refractivity (Wildman–Crippen MR) is 131 cm³/mol. The number of hydrogen-bond acceptors (Lipinski definition) is 5. The molecular weight excluding hydrogens is 424 g/mol. The Kier molecular flexibility index (Phi) is 7.69. The van der Waals surface area contributed by atoms with Gasteiger partial charge in [-0.1, -0.05) is 39.0 Å². The lowest BCUT2D eigenvalue weighted by molar-refractivity contribution is -0.139. The second kappa shape index (κ2) is 10.5. The molecule has 2 N–H and O–H groups in total. The molecule has 2 aromatic carbocycles. The van der Waals surface area contributed by atoms with Crippen molar-refractivity contribution in [3.8, 4) is 5.75 Å². The van der Waals surface area contributed by atoms with Crippen molar-refractivity contribution < 1.29 is 14.3 Å². The maximum Gasteiger partial charge on any atom is 0.264 e. The first-order valence-electron chi connectivity index (χ1n) is 10.7. The summed E-state index contributed by atoms with van der Waals surface area (Å²) >= 11 is 5.22. The van der Waals surface area contributed by atoms with Crippen LogP contribution in [0.3, 0.4) is 0 Å². The van der Waals surface area contributed by atoms with Crippen LogP contribution < -0.4 is 20.3 Å². The number of anilines is 2. The van der Waals surface area contributed by atoms with Crippen LogP contribution >= 0.6 is 12.2 Å². The van der Waals surface area contributed by atoms with Gasteiger partial charge in [-0.2, -0.15) is 0 Å². The fourth-order valence-corrected chi connectivity index (χ4v) is 3.62. The molecule has 2 aromatic rings. The predicted octanol–water partition coefficient (Wildman–Crippen LogP) is 3.27. The topological polar surface area (TPSA) is 73.9 Å². The molecule has 1 aliphatic heterocycles. The lowest BCUT2D eigenvalue weighted by Gasteiger charge is -2.38. The van der Waals surface area contributed by atoms with Gasteiger partial charge in [0.15, 0.2) is 11.7 Å². The summed E-state index contributed by atoms with van der Waals surface area (Å²) in [4.78, 5) is 28.7. The molecule has 32 heavy (non-hydrogen) atoms. The number of amides is 2. The highest BCUT2D eigenvalue weighted by Crippen LogP contribution is 2.22. The number of nitrogens with zero attached hydrogens (tertiary/aromatic N) is 2. The summed E-state index contributed by atoms with van der Waals surface area (Å²) < 4.78 is 5.41. The van der Waals surface area contributed by atoms with Crippen molar-refractivity contribution in [1.29, 1.82) is 0 Å². The fraction of sp³-hybridized carbons (Fsp3) is 0.375. The average molecular weight is 455 g/mol. The van der Waals surface area contributed by atoms with Gasteiger partial charge < -0.3 is 19.9 Å². The molecule has 170 valence electrons. The van der Waals surface area contributed by atoms with Gasteiger partial charge in [0.2, 0.25) is 5.91 Å². The van der Waals surface area contributed by atoms with E-state index in [4.69, 9.17) is 17.0 Å². The van der Waals surface area contributed by atoms with E-state index >= 15 is 0 Å². The Balaban J connectivity index is 1.44. The Morgan fingerprint density at radius 2 is 1.59 bits per heavy atom. The second-order valence-electron chi connectivity index (χ2n) is 8.68. The van der Waals surface area contributed by atoms with E-state index in [2.05, 4.69) is 15.5 Å². The van der Waals surface area contributed by atoms with E-state index in [1.807, 2.05) is 68.1 Å². The van der Waals surface area contributed by atoms with Gasteiger partial charge in [-0.15, -0.1) is 0 Å². The summed E-state index contributed by atoms with van der Waals surface area (Å²) in [5, 5.41) is 5.84. The number of piperazine rings is 1. The van der Waals surface area contributed by atoms with Gasteiger partial charge in [-0.25, -0.2) is 0 Å². The van der Waals surface area contributed by atoms with Crippen LogP contribution in [0.25, 0.3) is 0 Å². The smallest absolute Gasteiger partial charge is 0.264 e. The van der Waals surface area contributed by atoms with Crippen LogP contribution in [-0.4, -0.2) is 54.6 Å². The standard InChI is InChI=1S/C24H30N4O3S/c1-24(2,3)22(30)28-15-13-27(14-16-28)19-11-9-18(10-12-19)25-23(32)26-21(29)17-31-20-7-5-4-6-8-20/h4-12H,13-17H2,1-3H3,(H2,25,26,29,32). The normalized spacial score (nSPS) is 14.0. The molecule has 0 bridgehead atoms. The lowest BCUT2D eigenvalue weighted by atomic mass is 9.94. The number of ether oxygens (including phenoxy) is 1. The van der Waals surface area contributed by atoms with Crippen LogP contribution in [0.1, 0.15) is 20.8 Å². The van der Waals surface area contributed by atoms with Gasteiger partial charge >= 0.3 is 0 Å². The highest BCUT2D eigenvalue weighted by Gasteiger charge is 2.29. The van der Waals surface area contributed by atoms with Gasteiger partial charge in [0, 0.05) is 43.0 Å². The zero-order chi connectivity index (χ0) is 23.1. The number of rotatable bonds is 5. The number of carbonyl (C=O) groups is 2. The zero-order valence-corrected chi connectivity index (χ0v) is 19.6. The summed E-state index contributed by atoms with van der Waals surface area (Å²) in [5.41, 5.74) is 1.52. The van der Waals surface area contributed by atoms with Crippen molar-refractivity contribution >= 4 is 40.5 Å². The van der Waals surface area contributed by atoms with Gasteiger partial charge in [0.1, 0.15) is 5.75 Å². The summed E-state index contributed by atoms with van der Waals surface area (Å²) in [5.74, 6) is 0.493. The lowest BCUT2D eigenvalue weighted by Crippen LogP contribution is -2.51. The molecular formula is C24H30N4O3S. The molecule has 0 radical (unpaired) electrons. The third kappa shape index (κ3) is 6.68. The van der Waals surface area contributed by atoms with E-state index in [-0.39, 0.29) is 28.9 Å². The van der Waals surface area contributed by atoms with Crippen LogP contribution in [0.2, 0.25) is 0 Å². The average Bonchev–Trinajstić information content (AvgIpc) is 2.78. The summed E-state index contributed by atoms with van der Waals surface area (Å²) in [6.45, 7) is 8.78. The molecule has 2 amide bonds. The maximum atomic E-state index is 12.4. The van der Waals surface area contributed by atoms with Crippen molar-refractivity contribution in [3.05, 3.63) is 54.6 Å².